The van der Waals surface area contributed by atoms with E-state index in [0.717, 1.165) is 31.4 Å². The van der Waals surface area contributed by atoms with Gasteiger partial charge in [-0.3, -0.25) is 4.79 Å². The van der Waals surface area contributed by atoms with Gasteiger partial charge >= 0.3 is 0 Å². The number of rotatable bonds is 5. The Morgan fingerprint density at radius 2 is 2.10 bits per heavy atom. The Labute approximate surface area is 123 Å². The number of carbonyl (C=O) groups excluding carboxylic acids is 1. The molecule has 1 heterocycles. The maximum Gasteiger partial charge on any atom is 0.273 e. The van der Waals surface area contributed by atoms with Crippen LogP contribution in [0.5, 0.6) is 0 Å². The molecule has 110 valence electrons. The minimum absolute atomic E-state index is 0.169. The van der Waals surface area contributed by atoms with Crippen LogP contribution in [-0.2, 0) is 0 Å². The van der Waals surface area contributed by atoms with E-state index >= 15 is 0 Å². The Morgan fingerprint density at radius 1 is 1.33 bits per heavy atom. The monoisotopic (exact) mass is 285 g/mol. The van der Waals surface area contributed by atoms with Gasteiger partial charge < -0.3 is 15.6 Å². The molecule has 1 amide bonds. The van der Waals surface area contributed by atoms with Gasteiger partial charge in [-0.1, -0.05) is 35.5 Å². The first-order valence-corrected chi connectivity index (χ1v) is 7.29. The Balaban J connectivity index is 1.58. The molecule has 1 aromatic heterocycles. The Hall–Kier alpha value is -2.14. The van der Waals surface area contributed by atoms with E-state index in [2.05, 4.69) is 10.5 Å². The second-order valence-corrected chi connectivity index (χ2v) is 5.53. The highest BCUT2D eigenvalue weighted by atomic mass is 16.5. The first-order valence-electron chi connectivity index (χ1n) is 7.29. The quantitative estimate of drug-likeness (QED) is 0.882. The molecule has 0 aliphatic heterocycles. The molecule has 0 radical (unpaired) electrons. The van der Waals surface area contributed by atoms with Gasteiger partial charge in [0, 0.05) is 17.7 Å². The maximum absolute atomic E-state index is 12.1. The van der Waals surface area contributed by atoms with Gasteiger partial charge in [-0.15, -0.1) is 0 Å². The van der Waals surface area contributed by atoms with Gasteiger partial charge in [0.25, 0.3) is 5.91 Å². The molecular weight excluding hydrogens is 266 g/mol. The summed E-state index contributed by atoms with van der Waals surface area (Å²) in [7, 11) is 0. The zero-order chi connectivity index (χ0) is 14.7. The zero-order valence-corrected chi connectivity index (χ0v) is 11.8. The van der Waals surface area contributed by atoms with Crippen LogP contribution in [0.2, 0.25) is 0 Å². The summed E-state index contributed by atoms with van der Waals surface area (Å²) in [5.74, 6) is 1.09. The van der Waals surface area contributed by atoms with Crippen molar-refractivity contribution >= 4 is 5.91 Å². The fourth-order valence-electron chi connectivity index (χ4n) is 2.70. The van der Waals surface area contributed by atoms with E-state index in [1.807, 2.05) is 30.3 Å². The van der Waals surface area contributed by atoms with E-state index in [1.54, 1.807) is 6.07 Å². The van der Waals surface area contributed by atoms with Crippen LogP contribution in [0.3, 0.4) is 0 Å². The van der Waals surface area contributed by atoms with Crippen molar-refractivity contribution in [3.8, 4) is 11.3 Å². The van der Waals surface area contributed by atoms with Crippen molar-refractivity contribution < 1.29 is 9.32 Å². The third kappa shape index (κ3) is 3.13. The van der Waals surface area contributed by atoms with E-state index in [9.17, 15) is 4.79 Å². The standard InChI is InChI=1S/C16H19N3O2/c17-7-6-11-8-13(9-11)18-16(20)14-10-15(21-19-14)12-4-2-1-3-5-12/h1-5,10-11,13H,6-9,17H2,(H,18,20). The zero-order valence-electron chi connectivity index (χ0n) is 11.8. The number of nitrogens with two attached hydrogens (primary N) is 1. The lowest BCUT2D eigenvalue weighted by molar-refractivity contribution is 0.0878. The summed E-state index contributed by atoms with van der Waals surface area (Å²) in [5, 5.41) is 6.84. The van der Waals surface area contributed by atoms with Crippen LogP contribution in [0.4, 0.5) is 0 Å². The molecule has 3 N–H and O–H groups in total. The number of nitrogens with zero attached hydrogens (tertiary/aromatic N) is 1. The molecule has 0 unspecified atom stereocenters. The maximum atomic E-state index is 12.1. The van der Waals surface area contributed by atoms with Gasteiger partial charge in [0.15, 0.2) is 11.5 Å². The van der Waals surface area contributed by atoms with Crippen molar-refractivity contribution in [2.75, 3.05) is 6.54 Å². The summed E-state index contributed by atoms with van der Waals surface area (Å²) in [6, 6.07) is 11.5. The number of amides is 1. The lowest BCUT2D eigenvalue weighted by Crippen LogP contribution is -2.44. The van der Waals surface area contributed by atoms with Crippen LogP contribution in [0.25, 0.3) is 11.3 Å². The SMILES string of the molecule is NCCC1CC(NC(=O)c2cc(-c3ccccc3)on2)C1. The molecule has 0 saturated heterocycles. The van der Waals surface area contributed by atoms with Crippen molar-refractivity contribution in [3.05, 3.63) is 42.1 Å². The second-order valence-electron chi connectivity index (χ2n) is 5.53. The number of nitrogens with one attached hydrogen (secondary N) is 1. The van der Waals surface area contributed by atoms with Crippen molar-refractivity contribution in [1.29, 1.82) is 0 Å². The summed E-state index contributed by atoms with van der Waals surface area (Å²) in [6.45, 7) is 0.717. The highest BCUT2D eigenvalue weighted by Crippen LogP contribution is 2.30. The molecule has 2 aromatic rings. The Morgan fingerprint density at radius 3 is 2.81 bits per heavy atom. The fraction of sp³-hybridized carbons (Fsp3) is 0.375. The number of aromatic nitrogens is 1. The third-order valence-corrected chi connectivity index (χ3v) is 3.95. The molecule has 5 nitrogen and oxygen atoms in total. The predicted octanol–water partition coefficient (Wildman–Crippen LogP) is 2.20. The third-order valence-electron chi connectivity index (χ3n) is 3.95. The number of hydrogen-bond acceptors (Lipinski definition) is 4. The summed E-state index contributed by atoms with van der Waals surface area (Å²) in [5.41, 5.74) is 6.77. The van der Waals surface area contributed by atoms with E-state index in [1.165, 1.54) is 0 Å². The molecule has 1 aliphatic rings. The number of carbonyl (C=O) groups is 1. The number of hydrogen-bond donors (Lipinski definition) is 2. The van der Waals surface area contributed by atoms with Crippen molar-refractivity contribution in [2.45, 2.75) is 25.3 Å². The van der Waals surface area contributed by atoms with Gasteiger partial charge in [-0.25, -0.2) is 0 Å². The molecule has 1 aromatic carbocycles. The highest BCUT2D eigenvalue weighted by Gasteiger charge is 2.30. The molecule has 21 heavy (non-hydrogen) atoms. The number of benzene rings is 1. The Kier molecular flexibility index (Phi) is 4.01. The predicted molar refractivity (Wildman–Crippen MR) is 79.6 cm³/mol. The molecule has 0 spiro atoms. The summed E-state index contributed by atoms with van der Waals surface area (Å²) >= 11 is 0. The normalized spacial score (nSPS) is 20.8. The molecular formula is C16H19N3O2. The van der Waals surface area contributed by atoms with Gasteiger partial charge in [-0.2, -0.15) is 0 Å². The molecule has 1 saturated carbocycles. The summed E-state index contributed by atoms with van der Waals surface area (Å²) < 4.78 is 5.24. The molecule has 1 aliphatic carbocycles. The lowest BCUT2D eigenvalue weighted by Gasteiger charge is -2.35. The van der Waals surface area contributed by atoms with Crippen molar-refractivity contribution in [3.63, 3.8) is 0 Å². The van der Waals surface area contributed by atoms with Gasteiger partial charge in [0.2, 0.25) is 0 Å². The van der Waals surface area contributed by atoms with Crippen molar-refractivity contribution in [1.82, 2.24) is 10.5 Å². The van der Waals surface area contributed by atoms with E-state index in [-0.39, 0.29) is 11.9 Å². The molecule has 0 atom stereocenters. The molecule has 5 heteroatoms. The van der Waals surface area contributed by atoms with Crippen LogP contribution in [0.15, 0.2) is 40.9 Å². The first kappa shape index (κ1) is 13.8. The van der Waals surface area contributed by atoms with Crippen molar-refractivity contribution in [2.24, 2.45) is 11.7 Å². The van der Waals surface area contributed by atoms with Crippen LogP contribution in [-0.4, -0.2) is 23.7 Å². The molecule has 1 fully saturated rings. The molecule has 0 bridgehead atoms. The average molecular weight is 285 g/mol. The van der Waals surface area contributed by atoms with Gasteiger partial charge in [-0.05, 0) is 31.7 Å². The highest BCUT2D eigenvalue weighted by molar-refractivity contribution is 5.93. The van der Waals surface area contributed by atoms with E-state index in [0.29, 0.717) is 17.4 Å². The van der Waals surface area contributed by atoms with Crippen LogP contribution in [0, 0.1) is 5.92 Å². The van der Waals surface area contributed by atoms with Crippen LogP contribution >= 0.6 is 0 Å². The smallest absolute Gasteiger partial charge is 0.273 e. The fourth-order valence-corrected chi connectivity index (χ4v) is 2.70. The van der Waals surface area contributed by atoms with E-state index < -0.39 is 0 Å². The minimum atomic E-state index is -0.169. The summed E-state index contributed by atoms with van der Waals surface area (Å²) in [4.78, 5) is 12.1. The van der Waals surface area contributed by atoms with E-state index in [4.69, 9.17) is 10.3 Å². The average Bonchev–Trinajstić information content (AvgIpc) is 2.96. The lowest BCUT2D eigenvalue weighted by atomic mass is 9.78. The largest absolute Gasteiger partial charge is 0.355 e. The van der Waals surface area contributed by atoms with Crippen LogP contribution in [0.1, 0.15) is 29.8 Å². The Bertz CT molecular complexity index is 603. The first-order chi connectivity index (χ1) is 10.3. The second kappa shape index (κ2) is 6.10. The van der Waals surface area contributed by atoms with Crippen LogP contribution < -0.4 is 11.1 Å². The molecule has 3 rings (SSSR count). The minimum Gasteiger partial charge on any atom is -0.355 e. The van der Waals surface area contributed by atoms with Gasteiger partial charge in [0.05, 0.1) is 0 Å². The van der Waals surface area contributed by atoms with Gasteiger partial charge in [0.1, 0.15) is 0 Å². The summed E-state index contributed by atoms with van der Waals surface area (Å²) in [6.07, 6.45) is 3.05. The topological polar surface area (TPSA) is 81.1 Å².